The first kappa shape index (κ1) is 20.6. The van der Waals surface area contributed by atoms with Gasteiger partial charge in [0, 0.05) is 23.9 Å². The highest BCUT2D eigenvalue weighted by molar-refractivity contribution is 7.99. The Morgan fingerprint density at radius 3 is 2.32 bits per heavy atom. The molecule has 6 nitrogen and oxygen atoms in total. The fourth-order valence-corrected chi connectivity index (χ4v) is 3.73. The van der Waals surface area contributed by atoms with Crippen LogP contribution in [0.2, 0.25) is 0 Å². The highest BCUT2D eigenvalue weighted by Crippen LogP contribution is 2.24. The molecule has 2 N–H and O–H groups in total. The van der Waals surface area contributed by atoms with E-state index in [0.717, 1.165) is 16.6 Å². The summed E-state index contributed by atoms with van der Waals surface area (Å²) in [5.74, 6) is -0.121. The number of hydrogen-bond acceptors (Lipinski definition) is 5. The van der Waals surface area contributed by atoms with E-state index >= 15 is 0 Å². The molecular formula is C24H20N4O2S. The van der Waals surface area contributed by atoms with Gasteiger partial charge in [0.15, 0.2) is 0 Å². The van der Waals surface area contributed by atoms with E-state index in [4.69, 9.17) is 0 Å². The number of rotatable bonds is 6. The lowest BCUT2D eigenvalue weighted by Gasteiger charge is -2.08. The van der Waals surface area contributed by atoms with E-state index in [1.165, 1.54) is 24.1 Å². The molecule has 1 aromatic heterocycles. The third-order valence-electron chi connectivity index (χ3n) is 4.50. The Morgan fingerprint density at radius 2 is 1.58 bits per heavy atom. The molecule has 7 heteroatoms. The Kier molecular flexibility index (Phi) is 6.24. The second-order valence-electron chi connectivity index (χ2n) is 6.92. The third-order valence-corrected chi connectivity index (χ3v) is 5.42. The van der Waals surface area contributed by atoms with Crippen LogP contribution in [0.1, 0.15) is 6.92 Å². The molecule has 0 saturated heterocycles. The normalized spacial score (nSPS) is 10.6. The summed E-state index contributed by atoms with van der Waals surface area (Å²) in [5, 5.41) is 17.1. The minimum Gasteiger partial charge on any atom is -0.326 e. The molecule has 0 bridgehead atoms. The smallest absolute Gasteiger partial charge is 0.234 e. The van der Waals surface area contributed by atoms with Gasteiger partial charge < -0.3 is 10.6 Å². The maximum atomic E-state index is 12.3. The first-order valence-electron chi connectivity index (χ1n) is 9.70. The highest BCUT2D eigenvalue weighted by Gasteiger charge is 2.07. The number of thioether (sulfide) groups is 1. The molecule has 0 aliphatic heterocycles. The van der Waals surface area contributed by atoms with Crippen molar-refractivity contribution in [3.8, 4) is 11.3 Å². The number of anilines is 2. The van der Waals surface area contributed by atoms with Crippen molar-refractivity contribution in [2.45, 2.75) is 11.9 Å². The highest BCUT2D eigenvalue weighted by atomic mass is 32.2. The number of aromatic nitrogens is 2. The van der Waals surface area contributed by atoms with E-state index < -0.39 is 0 Å². The van der Waals surface area contributed by atoms with E-state index in [1.54, 1.807) is 24.3 Å². The molecule has 154 valence electrons. The molecule has 3 aromatic carbocycles. The van der Waals surface area contributed by atoms with Gasteiger partial charge in [-0.05, 0) is 47.2 Å². The number of nitrogens with zero attached hydrogens (tertiary/aromatic N) is 2. The number of benzene rings is 3. The van der Waals surface area contributed by atoms with E-state index in [0.29, 0.717) is 16.4 Å². The Labute approximate surface area is 184 Å². The average Bonchev–Trinajstić information content (AvgIpc) is 2.77. The second kappa shape index (κ2) is 9.40. The van der Waals surface area contributed by atoms with Crippen LogP contribution in [0.25, 0.3) is 22.0 Å². The van der Waals surface area contributed by atoms with Crippen molar-refractivity contribution in [1.82, 2.24) is 10.2 Å². The van der Waals surface area contributed by atoms with Crippen molar-refractivity contribution in [3.63, 3.8) is 0 Å². The van der Waals surface area contributed by atoms with Crippen LogP contribution in [-0.4, -0.2) is 27.8 Å². The van der Waals surface area contributed by atoms with Crippen molar-refractivity contribution < 1.29 is 9.59 Å². The molecule has 0 aliphatic rings. The minimum atomic E-state index is -0.162. The standard InChI is InChI=1S/C24H20N4O2S/c1-16(29)25-20-7-4-8-21(14-20)26-23(30)15-31-24-12-11-22(27-28-24)19-10-9-17-5-2-3-6-18(17)13-19/h2-14H,15H2,1H3,(H,25,29)(H,26,30). The van der Waals surface area contributed by atoms with Gasteiger partial charge in [0.05, 0.1) is 11.4 Å². The number of carbonyl (C=O) groups excluding carboxylic acids is 2. The van der Waals surface area contributed by atoms with E-state index in [9.17, 15) is 9.59 Å². The van der Waals surface area contributed by atoms with E-state index in [-0.39, 0.29) is 17.6 Å². The summed E-state index contributed by atoms with van der Waals surface area (Å²) < 4.78 is 0. The molecule has 0 unspecified atom stereocenters. The van der Waals surface area contributed by atoms with Gasteiger partial charge >= 0.3 is 0 Å². The molecule has 0 atom stereocenters. The second-order valence-corrected chi connectivity index (χ2v) is 7.91. The van der Waals surface area contributed by atoms with Gasteiger partial charge in [0.1, 0.15) is 5.03 Å². The van der Waals surface area contributed by atoms with Gasteiger partial charge in [0.2, 0.25) is 11.8 Å². The van der Waals surface area contributed by atoms with Crippen molar-refractivity contribution in [2.24, 2.45) is 0 Å². The van der Waals surface area contributed by atoms with Crippen molar-refractivity contribution >= 4 is 45.7 Å². The fraction of sp³-hybridized carbons (Fsp3) is 0.0833. The molecular weight excluding hydrogens is 408 g/mol. The molecule has 0 saturated carbocycles. The predicted molar refractivity (Wildman–Crippen MR) is 125 cm³/mol. The largest absolute Gasteiger partial charge is 0.326 e. The summed E-state index contributed by atoms with van der Waals surface area (Å²) in [4.78, 5) is 23.4. The number of amides is 2. The van der Waals surface area contributed by atoms with Crippen LogP contribution in [0.3, 0.4) is 0 Å². The average molecular weight is 429 g/mol. The van der Waals surface area contributed by atoms with Crippen LogP contribution in [0.4, 0.5) is 11.4 Å². The summed E-state index contributed by atoms with van der Waals surface area (Å²) in [6.07, 6.45) is 0. The minimum absolute atomic E-state index is 0.162. The van der Waals surface area contributed by atoms with Crippen LogP contribution >= 0.6 is 11.8 Å². The molecule has 0 radical (unpaired) electrons. The van der Waals surface area contributed by atoms with Crippen LogP contribution < -0.4 is 10.6 Å². The summed E-state index contributed by atoms with van der Waals surface area (Å²) in [6, 6.07) is 25.2. The zero-order valence-electron chi connectivity index (χ0n) is 16.8. The zero-order chi connectivity index (χ0) is 21.6. The van der Waals surface area contributed by atoms with Gasteiger partial charge in [-0.25, -0.2) is 0 Å². The van der Waals surface area contributed by atoms with Gasteiger partial charge in [-0.3, -0.25) is 9.59 Å². The van der Waals surface area contributed by atoms with Crippen molar-refractivity contribution in [1.29, 1.82) is 0 Å². The Balaban J connectivity index is 1.35. The van der Waals surface area contributed by atoms with E-state index in [2.05, 4.69) is 45.1 Å². The number of hydrogen-bond donors (Lipinski definition) is 2. The maximum Gasteiger partial charge on any atom is 0.234 e. The van der Waals surface area contributed by atoms with Gasteiger partial charge in [-0.1, -0.05) is 54.2 Å². The molecule has 0 aliphatic carbocycles. The Hall–Kier alpha value is -3.71. The van der Waals surface area contributed by atoms with Gasteiger partial charge in [0.25, 0.3) is 0 Å². The molecule has 0 spiro atoms. The lowest BCUT2D eigenvalue weighted by Crippen LogP contribution is -2.14. The van der Waals surface area contributed by atoms with Crippen molar-refractivity contribution in [2.75, 3.05) is 16.4 Å². The Morgan fingerprint density at radius 1 is 0.806 bits per heavy atom. The Bertz CT molecular complexity index is 1240. The topological polar surface area (TPSA) is 84.0 Å². The number of fused-ring (bicyclic) bond motifs is 1. The quantitative estimate of drug-likeness (QED) is 0.423. The monoisotopic (exact) mass is 428 g/mol. The molecule has 4 aromatic rings. The predicted octanol–water partition coefficient (Wildman–Crippen LogP) is 4.99. The van der Waals surface area contributed by atoms with Gasteiger partial charge in [-0.15, -0.1) is 10.2 Å². The summed E-state index contributed by atoms with van der Waals surface area (Å²) in [6.45, 7) is 1.44. The zero-order valence-corrected chi connectivity index (χ0v) is 17.6. The lowest BCUT2D eigenvalue weighted by molar-refractivity contribution is -0.114. The number of nitrogens with one attached hydrogen (secondary N) is 2. The lowest BCUT2D eigenvalue weighted by atomic mass is 10.1. The summed E-state index contributed by atoms with van der Waals surface area (Å²) >= 11 is 1.31. The third kappa shape index (κ3) is 5.46. The number of carbonyl (C=O) groups is 2. The van der Waals surface area contributed by atoms with Crippen LogP contribution in [0, 0.1) is 0 Å². The first-order valence-corrected chi connectivity index (χ1v) is 10.7. The fourth-order valence-electron chi connectivity index (χ4n) is 3.11. The molecule has 0 fully saturated rings. The van der Waals surface area contributed by atoms with Crippen LogP contribution in [-0.2, 0) is 9.59 Å². The SMILES string of the molecule is CC(=O)Nc1cccc(NC(=O)CSc2ccc(-c3ccc4ccccc4c3)nn2)c1. The van der Waals surface area contributed by atoms with Crippen LogP contribution in [0.5, 0.6) is 0 Å². The molecule has 4 rings (SSSR count). The summed E-state index contributed by atoms with van der Waals surface area (Å²) in [7, 11) is 0. The van der Waals surface area contributed by atoms with Crippen molar-refractivity contribution in [3.05, 3.63) is 78.9 Å². The first-order chi connectivity index (χ1) is 15.1. The van der Waals surface area contributed by atoms with Crippen LogP contribution in [0.15, 0.2) is 83.9 Å². The molecule has 31 heavy (non-hydrogen) atoms. The molecule has 2 amide bonds. The maximum absolute atomic E-state index is 12.3. The van der Waals surface area contributed by atoms with Gasteiger partial charge in [-0.2, -0.15) is 0 Å². The molecule has 1 heterocycles. The summed E-state index contributed by atoms with van der Waals surface area (Å²) in [5.41, 5.74) is 3.04. The van der Waals surface area contributed by atoms with E-state index in [1.807, 2.05) is 30.3 Å².